The summed E-state index contributed by atoms with van der Waals surface area (Å²) in [7, 11) is -1.96. The summed E-state index contributed by atoms with van der Waals surface area (Å²) in [6.45, 7) is 9.81. The summed E-state index contributed by atoms with van der Waals surface area (Å²) in [5.41, 5.74) is 4.63. The van der Waals surface area contributed by atoms with Crippen molar-refractivity contribution in [2.45, 2.75) is 53.0 Å². The summed E-state index contributed by atoms with van der Waals surface area (Å²) in [5, 5.41) is 2.95. The van der Waals surface area contributed by atoms with E-state index < -0.39 is 10.0 Å². The second kappa shape index (κ2) is 10.2. The molecule has 0 aromatic heterocycles. The van der Waals surface area contributed by atoms with E-state index in [0.717, 1.165) is 45.0 Å². The van der Waals surface area contributed by atoms with E-state index in [1.807, 2.05) is 39.0 Å². The molecular weight excluding hydrogens is 412 g/mol. The monoisotopic (exact) mass is 446 g/mol. The van der Waals surface area contributed by atoms with Crippen molar-refractivity contribution in [1.29, 1.82) is 0 Å². The van der Waals surface area contributed by atoms with Gasteiger partial charge in [0.25, 0.3) is 0 Å². The molecule has 1 N–H and O–H groups in total. The molecule has 0 aliphatic carbocycles. The maximum absolute atomic E-state index is 12.8. The first kappa shape index (κ1) is 24.7. The van der Waals surface area contributed by atoms with Crippen LogP contribution < -0.4 is 14.4 Å². The van der Waals surface area contributed by atoms with Crippen LogP contribution in [0.25, 0.3) is 0 Å². The van der Waals surface area contributed by atoms with E-state index in [-0.39, 0.29) is 24.4 Å². The number of sulfonamides is 1. The summed E-state index contributed by atoms with van der Waals surface area (Å²) in [6.07, 6.45) is 1.97. The first-order valence-corrected chi connectivity index (χ1v) is 12.4. The van der Waals surface area contributed by atoms with E-state index in [9.17, 15) is 13.2 Å². The normalized spacial score (nSPS) is 12.5. The van der Waals surface area contributed by atoms with Crippen LogP contribution in [0.3, 0.4) is 0 Å². The van der Waals surface area contributed by atoms with E-state index in [2.05, 4.69) is 25.2 Å². The van der Waals surface area contributed by atoms with Crippen LogP contribution in [0.4, 0.5) is 5.69 Å². The molecule has 0 bridgehead atoms. The maximum atomic E-state index is 12.8. The second-order valence-corrected chi connectivity index (χ2v) is 10.1. The molecule has 0 saturated carbocycles. The molecule has 0 aliphatic rings. The van der Waals surface area contributed by atoms with Gasteiger partial charge in [0.1, 0.15) is 12.3 Å². The molecule has 1 atom stereocenters. The second-order valence-electron chi connectivity index (χ2n) is 8.18. The number of aryl methyl sites for hydroxylation is 2. The number of benzene rings is 2. The number of hydrogen-bond acceptors (Lipinski definition) is 4. The molecule has 2 aromatic carbocycles. The zero-order valence-corrected chi connectivity index (χ0v) is 20.3. The van der Waals surface area contributed by atoms with Crippen LogP contribution in [0, 0.1) is 6.92 Å². The van der Waals surface area contributed by atoms with Gasteiger partial charge in [-0.15, -0.1) is 0 Å². The van der Waals surface area contributed by atoms with Crippen molar-refractivity contribution in [1.82, 2.24) is 5.32 Å². The average Bonchev–Trinajstić information content (AvgIpc) is 2.70. The zero-order chi connectivity index (χ0) is 23.3. The van der Waals surface area contributed by atoms with Gasteiger partial charge in [0.2, 0.25) is 15.9 Å². The molecule has 6 nitrogen and oxygen atoms in total. The lowest BCUT2D eigenvalue weighted by Crippen LogP contribution is -2.41. The Morgan fingerprint density at radius 1 is 1.10 bits per heavy atom. The average molecular weight is 447 g/mol. The van der Waals surface area contributed by atoms with E-state index in [4.69, 9.17) is 4.74 Å². The third-order valence-electron chi connectivity index (χ3n) is 5.40. The first-order valence-electron chi connectivity index (χ1n) is 10.5. The van der Waals surface area contributed by atoms with Crippen molar-refractivity contribution in [2.75, 3.05) is 24.2 Å². The summed E-state index contributed by atoms with van der Waals surface area (Å²) in [5.74, 6) is 0.733. The lowest BCUT2D eigenvalue weighted by molar-refractivity contribution is -0.120. The van der Waals surface area contributed by atoms with Gasteiger partial charge in [0.15, 0.2) is 0 Å². The Labute approximate surface area is 186 Å². The minimum Gasteiger partial charge on any atom is -0.496 e. The van der Waals surface area contributed by atoms with Gasteiger partial charge in [0.05, 0.1) is 25.1 Å². The minimum atomic E-state index is -3.61. The Kier molecular flexibility index (Phi) is 8.12. The molecule has 0 spiro atoms. The van der Waals surface area contributed by atoms with Crippen molar-refractivity contribution in [3.8, 4) is 5.75 Å². The zero-order valence-electron chi connectivity index (χ0n) is 19.5. The number of hydrogen-bond donors (Lipinski definition) is 1. The van der Waals surface area contributed by atoms with Gasteiger partial charge in [-0.05, 0) is 72.7 Å². The van der Waals surface area contributed by atoms with Gasteiger partial charge in [0, 0.05) is 0 Å². The highest BCUT2D eigenvalue weighted by molar-refractivity contribution is 7.92. The fourth-order valence-electron chi connectivity index (χ4n) is 3.60. The molecule has 0 radical (unpaired) electrons. The van der Waals surface area contributed by atoms with Gasteiger partial charge in [-0.1, -0.05) is 32.9 Å². The summed E-state index contributed by atoms with van der Waals surface area (Å²) in [4.78, 5) is 12.8. The van der Waals surface area contributed by atoms with Crippen LogP contribution in [-0.4, -0.2) is 34.2 Å². The van der Waals surface area contributed by atoms with Gasteiger partial charge in [-0.3, -0.25) is 9.10 Å². The van der Waals surface area contributed by atoms with Crippen LogP contribution >= 0.6 is 0 Å². The van der Waals surface area contributed by atoms with Crippen molar-refractivity contribution in [3.63, 3.8) is 0 Å². The number of amides is 1. The van der Waals surface area contributed by atoms with E-state index in [1.165, 1.54) is 0 Å². The molecule has 31 heavy (non-hydrogen) atoms. The molecule has 7 heteroatoms. The third-order valence-corrected chi connectivity index (χ3v) is 6.55. The van der Waals surface area contributed by atoms with Crippen molar-refractivity contribution >= 4 is 21.6 Å². The van der Waals surface area contributed by atoms with Crippen LogP contribution in [-0.2, 0) is 21.2 Å². The Bertz CT molecular complexity index is 1010. The van der Waals surface area contributed by atoms with Gasteiger partial charge in [-0.25, -0.2) is 8.42 Å². The number of carbonyl (C=O) groups excluding carboxylic acids is 1. The smallest absolute Gasteiger partial charge is 0.241 e. The predicted molar refractivity (Wildman–Crippen MR) is 126 cm³/mol. The summed E-state index contributed by atoms with van der Waals surface area (Å²) >= 11 is 0. The van der Waals surface area contributed by atoms with E-state index in [0.29, 0.717) is 5.69 Å². The number of anilines is 1. The molecule has 2 aromatic rings. The topological polar surface area (TPSA) is 75.7 Å². The Hall–Kier alpha value is -2.54. The number of ether oxygens (including phenoxy) is 1. The molecule has 1 amide bonds. The molecule has 0 aliphatic heterocycles. The number of nitrogens with zero attached hydrogens (tertiary/aromatic N) is 1. The lowest BCUT2D eigenvalue weighted by atomic mass is 9.93. The van der Waals surface area contributed by atoms with Crippen LogP contribution in [0.2, 0.25) is 0 Å². The largest absolute Gasteiger partial charge is 0.496 e. The highest BCUT2D eigenvalue weighted by Gasteiger charge is 2.23. The molecule has 170 valence electrons. The predicted octanol–water partition coefficient (Wildman–Crippen LogP) is 4.33. The Morgan fingerprint density at radius 2 is 1.71 bits per heavy atom. The van der Waals surface area contributed by atoms with Crippen molar-refractivity contribution in [3.05, 3.63) is 58.7 Å². The Balaban J connectivity index is 2.23. The van der Waals surface area contributed by atoms with E-state index in [1.54, 1.807) is 19.2 Å². The van der Waals surface area contributed by atoms with Gasteiger partial charge in [-0.2, -0.15) is 0 Å². The Morgan fingerprint density at radius 3 is 2.19 bits per heavy atom. The van der Waals surface area contributed by atoms with Crippen LogP contribution in [0.5, 0.6) is 5.75 Å². The highest BCUT2D eigenvalue weighted by atomic mass is 32.2. The number of rotatable bonds is 9. The van der Waals surface area contributed by atoms with Crippen LogP contribution in [0.15, 0.2) is 36.4 Å². The van der Waals surface area contributed by atoms with Crippen molar-refractivity contribution < 1.29 is 17.9 Å². The minimum absolute atomic E-state index is 0.268. The first-order chi connectivity index (χ1) is 14.5. The fraction of sp³-hybridized carbons (Fsp3) is 0.458. The van der Waals surface area contributed by atoms with Crippen LogP contribution in [0.1, 0.15) is 61.9 Å². The quantitative estimate of drug-likeness (QED) is 0.622. The van der Waals surface area contributed by atoms with Gasteiger partial charge >= 0.3 is 0 Å². The maximum Gasteiger partial charge on any atom is 0.241 e. The summed E-state index contributed by atoms with van der Waals surface area (Å²) in [6, 6.07) is 11.0. The molecule has 0 saturated heterocycles. The summed E-state index contributed by atoms with van der Waals surface area (Å²) < 4.78 is 31.3. The number of nitrogens with one attached hydrogen (secondary N) is 1. The number of carbonyl (C=O) groups is 1. The van der Waals surface area contributed by atoms with Crippen molar-refractivity contribution in [2.24, 2.45) is 0 Å². The highest BCUT2D eigenvalue weighted by Crippen LogP contribution is 2.32. The van der Waals surface area contributed by atoms with Gasteiger partial charge < -0.3 is 10.1 Å². The molecular formula is C24H34N2O4S. The lowest BCUT2D eigenvalue weighted by Gasteiger charge is -2.24. The molecule has 0 fully saturated rings. The SMILES string of the molecule is CCc1ccc(N(CC(=O)NC(C)c2cc(C(C)C)c(OC)cc2C)S(C)(=O)=O)cc1. The molecule has 0 heterocycles. The number of methoxy groups -OCH3 is 1. The van der Waals surface area contributed by atoms with E-state index >= 15 is 0 Å². The third kappa shape index (κ3) is 6.23. The molecule has 2 rings (SSSR count). The molecule has 1 unspecified atom stereocenters. The fourth-order valence-corrected chi connectivity index (χ4v) is 4.46. The standard InChI is InChI=1S/C24H34N2O4S/c1-8-19-9-11-20(12-10-19)26(31(7,28)29)15-24(27)25-18(5)22-14-21(16(2)3)23(30-6)13-17(22)4/h9-14,16,18H,8,15H2,1-7H3,(H,25,27).